The first kappa shape index (κ1) is 16.8. The number of carboxylic acid groups (broad SMARTS) is 1. The summed E-state index contributed by atoms with van der Waals surface area (Å²) in [4.78, 5) is 38.4. The molecule has 2 aliphatic carbocycles. The predicted molar refractivity (Wildman–Crippen MR) is 90.3 cm³/mol. The summed E-state index contributed by atoms with van der Waals surface area (Å²) in [6.45, 7) is 0. The molecule has 0 radical (unpaired) electrons. The molecule has 1 saturated heterocycles. The Labute approximate surface area is 149 Å². The van der Waals surface area contributed by atoms with Gasteiger partial charge in [0.05, 0.1) is 11.8 Å². The van der Waals surface area contributed by atoms with E-state index in [2.05, 4.69) is 31.9 Å². The summed E-state index contributed by atoms with van der Waals surface area (Å²) in [7, 11) is 0. The molecule has 1 heterocycles. The monoisotopic (exact) mass is 453 g/mol. The van der Waals surface area contributed by atoms with Crippen molar-refractivity contribution in [2.24, 2.45) is 23.7 Å². The Balaban J connectivity index is 1.88. The van der Waals surface area contributed by atoms with E-state index < -0.39 is 12.0 Å². The van der Waals surface area contributed by atoms with Gasteiger partial charge in [-0.2, -0.15) is 11.8 Å². The molecule has 1 aliphatic heterocycles. The maximum atomic E-state index is 12.7. The highest BCUT2D eigenvalue weighted by Crippen LogP contribution is 2.60. The second-order valence-corrected chi connectivity index (χ2v) is 9.29. The van der Waals surface area contributed by atoms with Gasteiger partial charge < -0.3 is 5.11 Å². The Hall–Kier alpha value is -0.0800. The molecule has 0 aromatic carbocycles. The number of imide groups is 1. The van der Waals surface area contributed by atoms with Crippen LogP contribution in [0.15, 0.2) is 0 Å². The Bertz CT molecular complexity index is 499. The molecule has 2 amide bonds. The number of hydrogen-bond donors (Lipinski definition) is 1. The van der Waals surface area contributed by atoms with Crippen molar-refractivity contribution in [1.29, 1.82) is 0 Å². The molecule has 122 valence electrons. The number of thioether (sulfide) groups is 1. The van der Waals surface area contributed by atoms with Crippen LogP contribution in [0.3, 0.4) is 0 Å². The third-order valence-corrected chi connectivity index (χ3v) is 9.06. The van der Waals surface area contributed by atoms with Gasteiger partial charge in [0.15, 0.2) is 0 Å². The Morgan fingerprint density at radius 2 is 1.77 bits per heavy atom. The SMILES string of the molecule is CSCC[C@H](C(=O)O)N1C(=O)[C@@H]2[C@H]3C[C@@H]([C@H](Br)[C@@H]3Br)[C@@H]2C1=O. The van der Waals surface area contributed by atoms with Crippen LogP contribution in [0.1, 0.15) is 12.8 Å². The number of carbonyl (C=O) groups is 3. The third-order valence-electron chi connectivity index (χ3n) is 5.21. The van der Waals surface area contributed by atoms with Crippen molar-refractivity contribution in [3.05, 3.63) is 0 Å². The lowest BCUT2D eigenvalue weighted by molar-refractivity contribution is -0.155. The fourth-order valence-corrected chi connectivity index (χ4v) is 6.60. The lowest BCUT2D eigenvalue weighted by Gasteiger charge is -2.28. The number of rotatable bonds is 5. The average Bonchev–Trinajstić information content (AvgIpc) is 3.06. The molecule has 3 aliphatic rings. The molecule has 0 unspecified atom stereocenters. The van der Waals surface area contributed by atoms with Gasteiger partial charge in [0.2, 0.25) is 11.8 Å². The quantitative estimate of drug-likeness (QED) is 0.507. The predicted octanol–water partition coefficient (Wildman–Crippen LogP) is 1.97. The largest absolute Gasteiger partial charge is 0.480 e. The lowest BCUT2D eigenvalue weighted by atomic mass is 9.81. The van der Waals surface area contributed by atoms with Gasteiger partial charge in [-0.25, -0.2) is 4.79 Å². The summed E-state index contributed by atoms with van der Waals surface area (Å²) in [5, 5.41) is 9.44. The zero-order chi connectivity index (χ0) is 16.2. The number of amides is 2. The highest BCUT2D eigenvalue weighted by molar-refractivity contribution is 9.12. The molecule has 3 rings (SSSR count). The maximum absolute atomic E-state index is 12.7. The summed E-state index contributed by atoms with van der Waals surface area (Å²) in [5.41, 5.74) is 0. The first-order valence-corrected chi connectivity index (χ1v) is 10.5. The minimum absolute atomic E-state index is 0.121. The van der Waals surface area contributed by atoms with Gasteiger partial charge in [-0.3, -0.25) is 14.5 Å². The van der Waals surface area contributed by atoms with Crippen LogP contribution < -0.4 is 0 Å². The van der Waals surface area contributed by atoms with Crippen molar-refractivity contribution in [2.75, 3.05) is 12.0 Å². The lowest BCUT2D eigenvalue weighted by Crippen LogP contribution is -2.46. The first-order valence-electron chi connectivity index (χ1n) is 7.27. The second kappa shape index (κ2) is 6.09. The van der Waals surface area contributed by atoms with Gasteiger partial charge in [-0.15, -0.1) is 0 Å². The van der Waals surface area contributed by atoms with Crippen LogP contribution in [0, 0.1) is 23.7 Å². The molecule has 0 aromatic rings. The highest BCUT2D eigenvalue weighted by Gasteiger charge is 2.67. The zero-order valence-electron chi connectivity index (χ0n) is 11.9. The summed E-state index contributed by atoms with van der Waals surface area (Å²) in [6.07, 6.45) is 3.04. The molecule has 1 N–H and O–H groups in total. The standard InChI is InChI=1S/C14H17Br2NO4S/c1-22-3-2-7(14(20)21)17-12(18)8-5-4-6(9(8)13(17)19)11(16)10(5)15/h5-11H,2-4H2,1H3,(H,20,21)/t5-,6-,7-,8-,9+,10-,11+/m1/s1. The van der Waals surface area contributed by atoms with Gasteiger partial charge >= 0.3 is 5.97 Å². The maximum Gasteiger partial charge on any atom is 0.326 e. The summed E-state index contributed by atoms with van der Waals surface area (Å²) in [5.74, 6) is -1.47. The van der Waals surface area contributed by atoms with E-state index in [1.54, 1.807) is 0 Å². The van der Waals surface area contributed by atoms with Crippen LogP contribution in [0.25, 0.3) is 0 Å². The third kappa shape index (κ3) is 2.28. The van der Waals surface area contributed by atoms with Crippen LogP contribution in [-0.2, 0) is 14.4 Å². The minimum Gasteiger partial charge on any atom is -0.480 e. The minimum atomic E-state index is -1.09. The average molecular weight is 455 g/mol. The molecule has 3 fully saturated rings. The van der Waals surface area contributed by atoms with Crippen LogP contribution in [0.4, 0.5) is 0 Å². The highest BCUT2D eigenvalue weighted by atomic mass is 79.9. The Morgan fingerprint density at radius 1 is 1.27 bits per heavy atom. The van der Waals surface area contributed by atoms with Gasteiger partial charge in [0, 0.05) is 9.65 Å². The number of hydrogen-bond acceptors (Lipinski definition) is 4. The van der Waals surface area contributed by atoms with E-state index >= 15 is 0 Å². The molecular formula is C14H17Br2NO4S. The summed E-state index contributed by atoms with van der Waals surface area (Å²) >= 11 is 8.76. The van der Waals surface area contributed by atoms with E-state index in [1.807, 2.05) is 6.26 Å². The van der Waals surface area contributed by atoms with Gasteiger partial charge in [-0.05, 0) is 36.7 Å². The molecule has 2 saturated carbocycles. The van der Waals surface area contributed by atoms with Crippen molar-refractivity contribution in [1.82, 2.24) is 4.90 Å². The fourth-order valence-electron chi connectivity index (χ4n) is 4.27. The Morgan fingerprint density at radius 3 is 2.18 bits per heavy atom. The van der Waals surface area contributed by atoms with E-state index in [0.29, 0.717) is 12.2 Å². The van der Waals surface area contributed by atoms with Crippen LogP contribution in [0.5, 0.6) is 0 Å². The van der Waals surface area contributed by atoms with Crippen molar-refractivity contribution in [2.45, 2.75) is 28.5 Å². The number of halogens is 2. The van der Waals surface area contributed by atoms with E-state index in [4.69, 9.17) is 0 Å². The summed E-state index contributed by atoms with van der Waals surface area (Å²) < 4.78 is 0. The van der Waals surface area contributed by atoms with Crippen molar-refractivity contribution in [3.63, 3.8) is 0 Å². The number of carboxylic acids is 1. The number of carbonyl (C=O) groups excluding carboxylic acids is 2. The van der Waals surface area contributed by atoms with Gasteiger partial charge in [0.25, 0.3) is 0 Å². The van der Waals surface area contributed by atoms with E-state index in [9.17, 15) is 19.5 Å². The number of aliphatic carboxylic acids is 1. The van der Waals surface area contributed by atoms with E-state index in [-0.39, 0.29) is 45.1 Å². The van der Waals surface area contributed by atoms with Crippen LogP contribution in [-0.4, -0.2) is 55.5 Å². The fraction of sp³-hybridized carbons (Fsp3) is 0.786. The summed E-state index contributed by atoms with van der Waals surface area (Å²) in [6, 6.07) is -1.03. The van der Waals surface area contributed by atoms with Crippen LogP contribution >= 0.6 is 43.6 Å². The van der Waals surface area contributed by atoms with E-state index in [0.717, 1.165) is 11.3 Å². The van der Waals surface area contributed by atoms with Crippen molar-refractivity contribution >= 4 is 61.4 Å². The topological polar surface area (TPSA) is 74.7 Å². The molecule has 0 spiro atoms. The van der Waals surface area contributed by atoms with Crippen molar-refractivity contribution < 1.29 is 19.5 Å². The molecule has 0 aromatic heterocycles. The zero-order valence-corrected chi connectivity index (χ0v) is 15.9. The number of alkyl halides is 2. The van der Waals surface area contributed by atoms with Crippen LogP contribution in [0.2, 0.25) is 0 Å². The number of fused-ring (bicyclic) bond motifs is 5. The molecular weight excluding hydrogens is 438 g/mol. The van der Waals surface area contributed by atoms with Gasteiger partial charge in [-0.1, -0.05) is 31.9 Å². The molecule has 5 nitrogen and oxygen atoms in total. The van der Waals surface area contributed by atoms with E-state index in [1.165, 1.54) is 11.8 Å². The molecule has 22 heavy (non-hydrogen) atoms. The van der Waals surface area contributed by atoms with Crippen molar-refractivity contribution in [3.8, 4) is 0 Å². The normalized spacial score (nSPS) is 41.1. The second-order valence-electron chi connectivity index (χ2n) is 6.19. The number of likely N-dealkylation sites (tertiary alicyclic amines) is 1. The number of nitrogens with zero attached hydrogens (tertiary/aromatic N) is 1. The Kier molecular flexibility index (Phi) is 4.64. The molecule has 2 bridgehead atoms. The first-order chi connectivity index (χ1) is 10.4. The smallest absolute Gasteiger partial charge is 0.326 e. The molecule has 8 heteroatoms. The van der Waals surface area contributed by atoms with Gasteiger partial charge in [0.1, 0.15) is 6.04 Å². The molecule has 7 atom stereocenters.